The fourth-order valence-corrected chi connectivity index (χ4v) is 4.00. The summed E-state index contributed by atoms with van der Waals surface area (Å²) >= 11 is 6.07. The van der Waals surface area contributed by atoms with Crippen molar-refractivity contribution in [1.29, 1.82) is 10.7 Å². The van der Waals surface area contributed by atoms with E-state index in [4.69, 9.17) is 17.0 Å². The normalized spacial score (nSPS) is 13.4. The first-order valence-corrected chi connectivity index (χ1v) is 10.2. The number of anilines is 2. The molecule has 0 unspecified atom stereocenters. The molecule has 3 aromatic rings. The molecule has 0 amide bonds. The Morgan fingerprint density at radius 3 is 2.81 bits per heavy atom. The summed E-state index contributed by atoms with van der Waals surface area (Å²) in [5.74, 6) is 0.403. The number of hydrogen-bond donors (Lipinski definition) is 2. The third-order valence-corrected chi connectivity index (χ3v) is 5.58. The number of likely N-dealkylation sites (N-methyl/N-ethyl adjacent to an activating group) is 1. The lowest BCUT2D eigenvalue weighted by Gasteiger charge is -2.25. The Morgan fingerprint density at radius 2 is 2.06 bits per heavy atom. The van der Waals surface area contributed by atoms with Crippen LogP contribution in [-0.4, -0.2) is 33.8 Å². The standard InChI is InChI=1S/C23H21ClN6O/c1-14-27-21(20(26)12-25)22(28-18-5-3-4-17(24)11-18)23(31)30(14)19-7-6-15-8-9-29(2)13-16(15)10-19/h3-7,10-11,26,28H,8-9,13H2,1-2H3. The molecule has 0 fully saturated rings. The van der Waals surface area contributed by atoms with Gasteiger partial charge in [-0.2, -0.15) is 5.26 Å². The number of nitrogens with one attached hydrogen (secondary N) is 2. The highest BCUT2D eigenvalue weighted by Crippen LogP contribution is 2.24. The van der Waals surface area contributed by atoms with E-state index in [1.807, 2.05) is 12.1 Å². The van der Waals surface area contributed by atoms with E-state index >= 15 is 0 Å². The smallest absolute Gasteiger partial charge is 0.282 e. The first-order chi connectivity index (χ1) is 14.9. The Morgan fingerprint density at radius 1 is 1.26 bits per heavy atom. The van der Waals surface area contributed by atoms with Crippen molar-refractivity contribution in [3.63, 3.8) is 0 Å². The zero-order valence-corrected chi connectivity index (χ0v) is 18.0. The number of aromatic nitrogens is 2. The maximum absolute atomic E-state index is 13.6. The number of fused-ring (bicyclic) bond motifs is 1. The maximum atomic E-state index is 13.6. The molecule has 0 atom stereocenters. The van der Waals surface area contributed by atoms with E-state index in [9.17, 15) is 10.1 Å². The monoisotopic (exact) mass is 432 g/mol. The van der Waals surface area contributed by atoms with Gasteiger partial charge in [-0.25, -0.2) is 4.98 Å². The summed E-state index contributed by atoms with van der Waals surface area (Å²) in [7, 11) is 2.07. The van der Waals surface area contributed by atoms with E-state index in [0.29, 0.717) is 22.2 Å². The number of aryl methyl sites for hydroxylation is 1. The van der Waals surface area contributed by atoms with Crippen LogP contribution in [0.3, 0.4) is 0 Å². The molecule has 0 saturated carbocycles. The molecule has 1 aliphatic heterocycles. The molecule has 156 valence electrons. The molecule has 0 spiro atoms. The lowest BCUT2D eigenvalue weighted by molar-refractivity contribution is 0.313. The van der Waals surface area contributed by atoms with E-state index < -0.39 is 0 Å². The van der Waals surface area contributed by atoms with Crippen LogP contribution in [0.15, 0.2) is 47.3 Å². The van der Waals surface area contributed by atoms with Crippen molar-refractivity contribution in [2.24, 2.45) is 0 Å². The van der Waals surface area contributed by atoms with Crippen molar-refractivity contribution in [1.82, 2.24) is 14.5 Å². The van der Waals surface area contributed by atoms with Crippen LogP contribution < -0.4 is 10.9 Å². The number of benzene rings is 2. The predicted octanol–water partition coefficient (Wildman–Crippen LogP) is 3.82. The summed E-state index contributed by atoms with van der Waals surface area (Å²) in [6.07, 6.45) is 0.970. The Bertz CT molecular complexity index is 1290. The minimum Gasteiger partial charge on any atom is -0.349 e. The molecule has 8 heteroatoms. The molecule has 7 nitrogen and oxygen atoms in total. The predicted molar refractivity (Wildman–Crippen MR) is 122 cm³/mol. The molecule has 0 bridgehead atoms. The van der Waals surface area contributed by atoms with E-state index in [2.05, 4.69) is 28.3 Å². The van der Waals surface area contributed by atoms with Crippen LogP contribution in [0.1, 0.15) is 22.6 Å². The number of halogens is 1. The van der Waals surface area contributed by atoms with Crippen LogP contribution in [-0.2, 0) is 13.0 Å². The van der Waals surface area contributed by atoms with Crippen molar-refractivity contribution in [2.45, 2.75) is 19.9 Å². The molecule has 4 rings (SSSR count). The number of hydrogen-bond acceptors (Lipinski definition) is 6. The van der Waals surface area contributed by atoms with Gasteiger partial charge in [0.1, 0.15) is 23.3 Å². The summed E-state index contributed by atoms with van der Waals surface area (Å²) in [5.41, 5.74) is 3.04. The zero-order valence-electron chi connectivity index (χ0n) is 17.2. The summed E-state index contributed by atoms with van der Waals surface area (Å²) in [6, 6.07) is 14.7. The first-order valence-electron chi connectivity index (χ1n) is 9.83. The van der Waals surface area contributed by atoms with Crippen LogP contribution in [0.2, 0.25) is 5.02 Å². The van der Waals surface area contributed by atoms with Gasteiger partial charge in [-0.15, -0.1) is 0 Å². The Kier molecular flexibility index (Phi) is 5.59. The Labute approximate surface area is 185 Å². The molecular weight excluding hydrogens is 412 g/mol. The van der Waals surface area contributed by atoms with Crippen LogP contribution >= 0.6 is 11.6 Å². The van der Waals surface area contributed by atoms with E-state index in [1.54, 1.807) is 37.3 Å². The highest BCUT2D eigenvalue weighted by Gasteiger charge is 2.21. The molecule has 1 aliphatic rings. The average molecular weight is 433 g/mol. The topological polar surface area (TPSA) is 97.8 Å². The van der Waals surface area contributed by atoms with Crippen molar-refractivity contribution < 1.29 is 0 Å². The summed E-state index contributed by atoms with van der Waals surface area (Å²) in [5, 5.41) is 20.8. The van der Waals surface area contributed by atoms with Crippen molar-refractivity contribution in [2.75, 3.05) is 18.9 Å². The van der Waals surface area contributed by atoms with Crippen LogP contribution in [0.4, 0.5) is 11.4 Å². The molecule has 2 N–H and O–H groups in total. The molecule has 1 aromatic heterocycles. The molecule has 31 heavy (non-hydrogen) atoms. The van der Waals surface area contributed by atoms with Gasteiger partial charge in [0.2, 0.25) is 0 Å². The van der Waals surface area contributed by atoms with Crippen molar-refractivity contribution >= 4 is 28.7 Å². The summed E-state index contributed by atoms with van der Waals surface area (Å²) in [6.45, 7) is 3.52. The fourth-order valence-electron chi connectivity index (χ4n) is 3.81. The van der Waals surface area contributed by atoms with Gasteiger partial charge < -0.3 is 10.2 Å². The SMILES string of the molecule is Cc1nc(C(=N)C#N)c(Nc2cccc(Cl)c2)c(=O)n1-c1ccc2c(c1)CN(C)CC2. The van der Waals surface area contributed by atoms with Gasteiger partial charge in [0.05, 0.1) is 5.69 Å². The van der Waals surface area contributed by atoms with E-state index in [1.165, 1.54) is 15.7 Å². The van der Waals surface area contributed by atoms with Gasteiger partial charge in [0, 0.05) is 23.8 Å². The maximum Gasteiger partial charge on any atom is 0.282 e. The molecule has 0 radical (unpaired) electrons. The van der Waals surface area contributed by atoms with Gasteiger partial charge in [0.25, 0.3) is 5.56 Å². The second-order valence-electron chi connectivity index (χ2n) is 7.59. The van der Waals surface area contributed by atoms with Crippen LogP contribution in [0.25, 0.3) is 5.69 Å². The quantitative estimate of drug-likeness (QED) is 0.611. The van der Waals surface area contributed by atoms with Gasteiger partial charge in [-0.05, 0) is 61.9 Å². The highest BCUT2D eigenvalue weighted by atomic mass is 35.5. The lowest BCUT2D eigenvalue weighted by Crippen LogP contribution is -2.29. The van der Waals surface area contributed by atoms with Crippen molar-refractivity contribution in [3.05, 3.63) is 80.5 Å². The second-order valence-corrected chi connectivity index (χ2v) is 8.02. The largest absolute Gasteiger partial charge is 0.349 e. The second kappa shape index (κ2) is 8.34. The molecule has 2 heterocycles. The Hall–Kier alpha value is -3.47. The van der Waals surface area contributed by atoms with E-state index in [0.717, 1.165) is 19.5 Å². The van der Waals surface area contributed by atoms with Gasteiger partial charge in [-0.1, -0.05) is 23.7 Å². The molecule has 2 aromatic carbocycles. The summed E-state index contributed by atoms with van der Waals surface area (Å²) in [4.78, 5) is 20.2. The number of nitrogens with zero attached hydrogens (tertiary/aromatic N) is 4. The fraction of sp³-hybridized carbons (Fsp3) is 0.217. The number of nitriles is 1. The van der Waals surface area contributed by atoms with Gasteiger partial charge >= 0.3 is 0 Å². The van der Waals surface area contributed by atoms with Crippen LogP contribution in [0, 0.1) is 23.7 Å². The van der Waals surface area contributed by atoms with Crippen LogP contribution in [0.5, 0.6) is 0 Å². The number of rotatable bonds is 4. The minimum absolute atomic E-state index is 0.0129. The van der Waals surface area contributed by atoms with Gasteiger partial charge in [0.15, 0.2) is 5.71 Å². The van der Waals surface area contributed by atoms with Crippen molar-refractivity contribution in [3.8, 4) is 11.8 Å². The zero-order chi connectivity index (χ0) is 22.1. The third-order valence-electron chi connectivity index (χ3n) is 5.34. The molecule has 0 saturated heterocycles. The minimum atomic E-state index is -0.385. The highest BCUT2D eigenvalue weighted by molar-refractivity contribution is 6.30. The summed E-state index contributed by atoms with van der Waals surface area (Å²) < 4.78 is 1.51. The van der Waals surface area contributed by atoms with Gasteiger partial charge in [-0.3, -0.25) is 14.8 Å². The average Bonchev–Trinajstić information content (AvgIpc) is 2.74. The first kappa shape index (κ1) is 20.8. The Balaban J connectivity index is 1.88. The third kappa shape index (κ3) is 4.08. The molecule has 0 aliphatic carbocycles. The lowest BCUT2D eigenvalue weighted by atomic mass is 9.99. The molecular formula is C23H21ClN6O. The van der Waals surface area contributed by atoms with E-state index in [-0.39, 0.29) is 22.7 Å².